The molecule has 3 unspecified atom stereocenters. The number of esters is 3. The van der Waals surface area contributed by atoms with Crippen LogP contribution in [-0.2, 0) is 33.4 Å². The summed E-state index contributed by atoms with van der Waals surface area (Å²) >= 11 is 0. The number of hydrogen-bond donors (Lipinski definition) is 1. The second kappa shape index (κ2) is 15.2. The van der Waals surface area contributed by atoms with Gasteiger partial charge in [-0.2, -0.15) is 0 Å². The number of rotatable bonds is 16. The summed E-state index contributed by atoms with van der Waals surface area (Å²) in [7, 11) is 0. The summed E-state index contributed by atoms with van der Waals surface area (Å²) in [6, 6.07) is 9.48. The smallest absolute Gasteiger partial charge is 0.340 e. The highest BCUT2D eigenvalue weighted by Crippen LogP contribution is 2.28. The van der Waals surface area contributed by atoms with Crippen molar-refractivity contribution >= 4 is 23.7 Å². The number of carbonyl (C=O) groups is 4. The fourth-order valence-electron chi connectivity index (χ4n) is 3.46. The predicted molar refractivity (Wildman–Crippen MR) is 126 cm³/mol. The SMILES string of the molecule is CCCCOC(=O)C(C(C)=O)C(O)(CC(=O)OCC(CC)c1ccccc1)C(=O)OCCCC. The summed E-state index contributed by atoms with van der Waals surface area (Å²) in [6.07, 6.45) is 2.33. The monoisotopic (exact) mass is 478 g/mol. The first kappa shape index (κ1) is 29.3. The topological polar surface area (TPSA) is 116 Å². The van der Waals surface area contributed by atoms with Gasteiger partial charge in [0.05, 0.1) is 26.2 Å². The number of unbranched alkanes of at least 4 members (excludes halogenated alkanes) is 2. The third-order valence-electron chi connectivity index (χ3n) is 5.57. The van der Waals surface area contributed by atoms with Crippen molar-refractivity contribution in [2.45, 2.75) is 77.7 Å². The molecule has 0 spiro atoms. The molecular formula is C26H38O8. The van der Waals surface area contributed by atoms with Crippen LogP contribution in [0.2, 0.25) is 0 Å². The third-order valence-corrected chi connectivity index (χ3v) is 5.57. The summed E-state index contributed by atoms with van der Waals surface area (Å²) in [5.41, 5.74) is -1.75. The van der Waals surface area contributed by atoms with E-state index in [0.717, 1.165) is 25.3 Å². The van der Waals surface area contributed by atoms with E-state index >= 15 is 0 Å². The van der Waals surface area contributed by atoms with E-state index in [-0.39, 0.29) is 25.7 Å². The summed E-state index contributed by atoms with van der Waals surface area (Å²) in [5.74, 6) is -6.00. The maximum absolute atomic E-state index is 12.8. The summed E-state index contributed by atoms with van der Waals surface area (Å²) in [6.45, 7) is 6.82. The lowest BCUT2D eigenvalue weighted by Gasteiger charge is -2.30. The molecule has 3 atom stereocenters. The number of hydrogen-bond acceptors (Lipinski definition) is 8. The van der Waals surface area contributed by atoms with Gasteiger partial charge in [0.2, 0.25) is 0 Å². The van der Waals surface area contributed by atoms with Crippen LogP contribution in [0.1, 0.15) is 77.7 Å². The standard InChI is InChI=1S/C26H38O8/c1-5-8-15-32-24(29)23(19(4)27)26(31,25(30)33-16-9-6-2)17-22(28)34-18-20(7-3)21-13-11-10-12-14-21/h10-14,20,23,31H,5-9,15-18H2,1-4H3. The average molecular weight is 479 g/mol. The first-order valence-corrected chi connectivity index (χ1v) is 12.0. The fraction of sp³-hybridized carbons (Fsp3) is 0.615. The van der Waals surface area contributed by atoms with E-state index in [0.29, 0.717) is 19.3 Å². The minimum atomic E-state index is -2.73. The van der Waals surface area contributed by atoms with Crippen molar-refractivity contribution in [3.8, 4) is 0 Å². The molecule has 1 aromatic rings. The minimum Gasteiger partial charge on any atom is -0.465 e. The predicted octanol–water partition coefficient (Wildman–Crippen LogP) is 3.74. The van der Waals surface area contributed by atoms with Crippen molar-refractivity contribution in [2.24, 2.45) is 5.92 Å². The second-order valence-corrected chi connectivity index (χ2v) is 8.35. The highest BCUT2D eigenvalue weighted by molar-refractivity contribution is 6.05. The van der Waals surface area contributed by atoms with E-state index in [1.54, 1.807) is 0 Å². The molecule has 0 aliphatic heterocycles. The molecule has 0 saturated carbocycles. The molecule has 1 N–H and O–H groups in total. The molecule has 0 heterocycles. The van der Waals surface area contributed by atoms with Gasteiger partial charge in [0.1, 0.15) is 5.78 Å². The van der Waals surface area contributed by atoms with Crippen LogP contribution in [0, 0.1) is 5.92 Å². The molecule has 34 heavy (non-hydrogen) atoms. The first-order chi connectivity index (χ1) is 16.2. The molecule has 8 heteroatoms. The molecule has 0 aromatic heterocycles. The van der Waals surface area contributed by atoms with Crippen LogP contribution < -0.4 is 0 Å². The van der Waals surface area contributed by atoms with Gasteiger partial charge in [-0.15, -0.1) is 0 Å². The Morgan fingerprint density at radius 3 is 2.03 bits per heavy atom. The van der Waals surface area contributed by atoms with Gasteiger partial charge >= 0.3 is 17.9 Å². The van der Waals surface area contributed by atoms with E-state index in [1.807, 2.05) is 51.1 Å². The van der Waals surface area contributed by atoms with Gasteiger partial charge in [-0.3, -0.25) is 14.4 Å². The van der Waals surface area contributed by atoms with Crippen LogP contribution in [0.15, 0.2) is 30.3 Å². The quantitative estimate of drug-likeness (QED) is 0.165. The van der Waals surface area contributed by atoms with Crippen molar-refractivity contribution in [3.05, 3.63) is 35.9 Å². The van der Waals surface area contributed by atoms with E-state index in [4.69, 9.17) is 14.2 Å². The van der Waals surface area contributed by atoms with Gasteiger partial charge in [0.15, 0.2) is 11.5 Å². The Bertz CT molecular complexity index is 791. The number of benzene rings is 1. The number of ether oxygens (including phenoxy) is 3. The van der Waals surface area contributed by atoms with E-state index in [1.165, 1.54) is 0 Å². The van der Waals surface area contributed by atoms with Crippen LogP contribution in [0.3, 0.4) is 0 Å². The van der Waals surface area contributed by atoms with Crippen molar-refractivity contribution in [2.75, 3.05) is 19.8 Å². The Labute approximate surface area is 202 Å². The minimum absolute atomic E-state index is 0.0197. The molecule has 0 radical (unpaired) electrons. The second-order valence-electron chi connectivity index (χ2n) is 8.35. The zero-order valence-electron chi connectivity index (χ0n) is 20.7. The van der Waals surface area contributed by atoms with Crippen molar-refractivity contribution in [1.29, 1.82) is 0 Å². The van der Waals surface area contributed by atoms with Gasteiger partial charge in [-0.25, -0.2) is 4.79 Å². The molecule has 0 aliphatic rings. The third kappa shape index (κ3) is 8.89. The van der Waals surface area contributed by atoms with Gasteiger partial charge in [-0.05, 0) is 31.7 Å². The zero-order chi connectivity index (χ0) is 25.6. The van der Waals surface area contributed by atoms with Crippen LogP contribution in [0.4, 0.5) is 0 Å². The lowest BCUT2D eigenvalue weighted by molar-refractivity contribution is -0.187. The molecule has 1 rings (SSSR count). The van der Waals surface area contributed by atoms with Crippen molar-refractivity contribution in [3.63, 3.8) is 0 Å². The largest absolute Gasteiger partial charge is 0.465 e. The maximum atomic E-state index is 12.8. The Balaban J connectivity index is 3.06. The van der Waals surface area contributed by atoms with Gasteiger partial charge in [0, 0.05) is 5.92 Å². The molecule has 0 bridgehead atoms. The lowest BCUT2D eigenvalue weighted by atomic mass is 9.81. The summed E-state index contributed by atoms with van der Waals surface area (Å²) in [4.78, 5) is 50.5. The molecule has 190 valence electrons. The molecule has 1 aromatic carbocycles. The normalized spacial score (nSPS) is 14.4. The highest BCUT2D eigenvalue weighted by Gasteiger charge is 2.54. The lowest BCUT2D eigenvalue weighted by Crippen LogP contribution is -2.55. The molecule has 0 saturated heterocycles. The average Bonchev–Trinajstić information content (AvgIpc) is 2.80. The fourth-order valence-corrected chi connectivity index (χ4v) is 3.46. The number of aliphatic hydroxyl groups is 1. The van der Waals surface area contributed by atoms with Crippen LogP contribution in [-0.4, -0.2) is 54.2 Å². The van der Waals surface area contributed by atoms with Gasteiger partial charge < -0.3 is 19.3 Å². The van der Waals surface area contributed by atoms with Gasteiger partial charge in [0.25, 0.3) is 0 Å². The van der Waals surface area contributed by atoms with Crippen molar-refractivity contribution in [1.82, 2.24) is 0 Å². The number of ketones is 1. The number of carbonyl (C=O) groups excluding carboxylic acids is 4. The van der Waals surface area contributed by atoms with Gasteiger partial charge in [-0.1, -0.05) is 63.9 Å². The highest BCUT2D eigenvalue weighted by atomic mass is 16.6. The summed E-state index contributed by atoms with van der Waals surface area (Å²) in [5, 5.41) is 11.2. The first-order valence-electron chi connectivity index (χ1n) is 12.0. The summed E-state index contributed by atoms with van der Waals surface area (Å²) < 4.78 is 15.6. The molecule has 0 amide bonds. The number of Topliss-reactive ketones (excluding diaryl/α,β-unsaturated/α-hetero) is 1. The Morgan fingerprint density at radius 1 is 0.912 bits per heavy atom. The Morgan fingerprint density at radius 2 is 1.50 bits per heavy atom. The maximum Gasteiger partial charge on any atom is 0.340 e. The van der Waals surface area contributed by atoms with Crippen LogP contribution >= 0.6 is 0 Å². The van der Waals surface area contributed by atoms with E-state index in [9.17, 15) is 24.3 Å². The molecule has 0 fully saturated rings. The van der Waals surface area contributed by atoms with Crippen LogP contribution in [0.5, 0.6) is 0 Å². The van der Waals surface area contributed by atoms with Crippen molar-refractivity contribution < 1.29 is 38.5 Å². The zero-order valence-corrected chi connectivity index (χ0v) is 20.7. The van der Waals surface area contributed by atoms with Crippen LogP contribution in [0.25, 0.3) is 0 Å². The molecule has 8 nitrogen and oxygen atoms in total. The van der Waals surface area contributed by atoms with E-state index < -0.39 is 41.6 Å². The van der Waals surface area contributed by atoms with E-state index in [2.05, 4.69) is 0 Å². The Kier molecular flexibility index (Phi) is 13.1. The molecule has 0 aliphatic carbocycles. The molecular weight excluding hydrogens is 440 g/mol. The Hall–Kier alpha value is -2.74.